The van der Waals surface area contributed by atoms with Crippen LogP contribution in [0.3, 0.4) is 0 Å². The van der Waals surface area contributed by atoms with Crippen molar-refractivity contribution in [2.45, 2.75) is 31.8 Å². The van der Waals surface area contributed by atoms with E-state index in [0.717, 1.165) is 17.1 Å². The van der Waals surface area contributed by atoms with Crippen molar-refractivity contribution >= 4 is 0 Å². The third-order valence-corrected chi connectivity index (χ3v) is 3.95. The number of aliphatic hydroxyl groups is 1. The Kier molecular flexibility index (Phi) is 4.32. The molecule has 1 aliphatic rings. The largest absolute Gasteiger partial charge is 0.493 e. The second kappa shape index (κ2) is 5.80. The molecule has 2 rings (SSSR count). The molecule has 0 spiro atoms. The summed E-state index contributed by atoms with van der Waals surface area (Å²) in [6.45, 7) is 2.98. The molecule has 4 heteroatoms. The van der Waals surface area contributed by atoms with E-state index in [4.69, 9.17) is 9.47 Å². The summed E-state index contributed by atoms with van der Waals surface area (Å²) in [4.78, 5) is 0. The first-order valence-corrected chi connectivity index (χ1v) is 6.69. The van der Waals surface area contributed by atoms with Gasteiger partial charge in [0.25, 0.3) is 0 Å². The molecule has 2 N–H and O–H groups in total. The van der Waals surface area contributed by atoms with E-state index < -0.39 is 0 Å². The summed E-state index contributed by atoms with van der Waals surface area (Å²) in [7, 11) is 3.27. The highest BCUT2D eigenvalue weighted by Gasteiger charge is 2.40. The molecule has 0 radical (unpaired) electrons. The zero-order chi connectivity index (χ0) is 13.9. The minimum absolute atomic E-state index is 0.172. The molecule has 0 heterocycles. The Morgan fingerprint density at radius 2 is 1.95 bits per heavy atom. The van der Waals surface area contributed by atoms with Crippen molar-refractivity contribution in [1.29, 1.82) is 0 Å². The molecule has 1 aliphatic carbocycles. The van der Waals surface area contributed by atoms with Gasteiger partial charge in [0.05, 0.1) is 20.8 Å². The fourth-order valence-electron chi connectivity index (χ4n) is 2.34. The molecule has 1 atom stereocenters. The minimum atomic E-state index is -0.173. The zero-order valence-corrected chi connectivity index (χ0v) is 11.9. The summed E-state index contributed by atoms with van der Waals surface area (Å²) in [5.41, 5.74) is 0.950. The van der Waals surface area contributed by atoms with Crippen LogP contribution in [0.25, 0.3) is 0 Å². The van der Waals surface area contributed by atoms with Gasteiger partial charge in [-0.05, 0) is 43.4 Å². The van der Waals surface area contributed by atoms with E-state index >= 15 is 0 Å². The molecule has 0 aromatic heterocycles. The van der Waals surface area contributed by atoms with Crippen molar-refractivity contribution in [2.24, 2.45) is 5.92 Å². The van der Waals surface area contributed by atoms with Gasteiger partial charge in [0, 0.05) is 12.1 Å². The van der Waals surface area contributed by atoms with E-state index in [1.54, 1.807) is 14.2 Å². The van der Waals surface area contributed by atoms with Crippen LogP contribution in [0.15, 0.2) is 18.2 Å². The van der Waals surface area contributed by atoms with Gasteiger partial charge in [-0.2, -0.15) is 0 Å². The Balaban J connectivity index is 2.02. The maximum absolute atomic E-state index is 9.55. The van der Waals surface area contributed by atoms with Crippen LogP contribution in [0.2, 0.25) is 0 Å². The molecular formula is C15H23NO3. The second-order valence-corrected chi connectivity index (χ2v) is 5.39. The monoisotopic (exact) mass is 265 g/mol. The molecule has 19 heavy (non-hydrogen) atoms. The van der Waals surface area contributed by atoms with Gasteiger partial charge in [0.15, 0.2) is 11.5 Å². The van der Waals surface area contributed by atoms with E-state index in [9.17, 15) is 5.11 Å². The lowest BCUT2D eigenvalue weighted by atomic mass is 9.96. The Morgan fingerprint density at radius 3 is 2.47 bits per heavy atom. The van der Waals surface area contributed by atoms with Crippen LogP contribution >= 0.6 is 0 Å². The third kappa shape index (κ3) is 3.19. The van der Waals surface area contributed by atoms with E-state index in [-0.39, 0.29) is 12.1 Å². The van der Waals surface area contributed by atoms with Crippen LogP contribution in [-0.4, -0.2) is 31.5 Å². The lowest BCUT2D eigenvalue weighted by Crippen LogP contribution is -2.47. The Hall–Kier alpha value is -1.26. The van der Waals surface area contributed by atoms with Crippen LogP contribution in [0.1, 0.15) is 25.3 Å². The second-order valence-electron chi connectivity index (χ2n) is 5.39. The molecule has 1 unspecified atom stereocenters. The van der Waals surface area contributed by atoms with Crippen LogP contribution in [0, 0.1) is 5.92 Å². The van der Waals surface area contributed by atoms with Gasteiger partial charge < -0.3 is 19.9 Å². The Labute approximate surface area is 114 Å². The summed E-state index contributed by atoms with van der Waals surface area (Å²) >= 11 is 0. The number of methoxy groups -OCH3 is 2. The third-order valence-electron chi connectivity index (χ3n) is 3.95. The van der Waals surface area contributed by atoms with Crippen molar-refractivity contribution in [3.63, 3.8) is 0 Å². The zero-order valence-electron chi connectivity index (χ0n) is 11.9. The fourth-order valence-corrected chi connectivity index (χ4v) is 2.34. The summed E-state index contributed by atoms with van der Waals surface area (Å²) in [6, 6.07) is 5.89. The van der Waals surface area contributed by atoms with Gasteiger partial charge in [-0.1, -0.05) is 6.07 Å². The smallest absolute Gasteiger partial charge is 0.161 e. The topological polar surface area (TPSA) is 50.7 Å². The number of rotatable bonds is 7. The summed E-state index contributed by atoms with van der Waals surface area (Å²) < 4.78 is 10.5. The standard InChI is InChI=1S/C15H23NO3/c1-15(10-17,12-5-6-12)16-9-11-4-7-13(18-2)14(8-11)19-3/h4,7-8,12,16-17H,5-6,9-10H2,1-3H3. The highest BCUT2D eigenvalue weighted by atomic mass is 16.5. The van der Waals surface area contributed by atoms with E-state index in [1.165, 1.54) is 12.8 Å². The highest BCUT2D eigenvalue weighted by Crippen LogP contribution is 2.39. The molecule has 4 nitrogen and oxygen atoms in total. The molecule has 0 aliphatic heterocycles. The predicted molar refractivity (Wildman–Crippen MR) is 74.6 cm³/mol. The molecule has 1 aromatic carbocycles. The van der Waals surface area contributed by atoms with Gasteiger partial charge in [-0.15, -0.1) is 0 Å². The molecular weight excluding hydrogens is 242 g/mol. The van der Waals surface area contributed by atoms with Crippen molar-refractivity contribution < 1.29 is 14.6 Å². The average molecular weight is 265 g/mol. The summed E-state index contributed by atoms with van der Waals surface area (Å²) in [6.07, 6.45) is 2.41. The number of nitrogens with one attached hydrogen (secondary N) is 1. The van der Waals surface area contributed by atoms with Crippen molar-refractivity contribution in [1.82, 2.24) is 5.32 Å². The van der Waals surface area contributed by atoms with Crippen LogP contribution < -0.4 is 14.8 Å². The van der Waals surface area contributed by atoms with Gasteiger partial charge in [-0.3, -0.25) is 0 Å². The SMILES string of the molecule is COc1ccc(CNC(C)(CO)C2CC2)cc1OC. The molecule has 0 saturated heterocycles. The first-order valence-electron chi connectivity index (χ1n) is 6.69. The number of aliphatic hydroxyl groups excluding tert-OH is 1. The van der Waals surface area contributed by atoms with E-state index in [1.807, 2.05) is 18.2 Å². The maximum atomic E-state index is 9.55. The first-order chi connectivity index (χ1) is 9.12. The molecule has 0 amide bonds. The Bertz CT molecular complexity index is 431. The normalized spacial score (nSPS) is 17.9. The Morgan fingerprint density at radius 1 is 1.26 bits per heavy atom. The predicted octanol–water partition coefficient (Wildman–Crippen LogP) is 1.95. The van der Waals surface area contributed by atoms with Crippen molar-refractivity contribution in [3.8, 4) is 11.5 Å². The van der Waals surface area contributed by atoms with Gasteiger partial charge in [0.2, 0.25) is 0 Å². The highest BCUT2D eigenvalue weighted by molar-refractivity contribution is 5.42. The van der Waals surface area contributed by atoms with Crippen molar-refractivity contribution in [2.75, 3.05) is 20.8 Å². The quantitative estimate of drug-likeness (QED) is 0.791. The minimum Gasteiger partial charge on any atom is -0.493 e. The molecule has 1 aromatic rings. The average Bonchev–Trinajstić information content (AvgIpc) is 3.29. The van der Waals surface area contributed by atoms with Gasteiger partial charge in [0.1, 0.15) is 0 Å². The van der Waals surface area contributed by atoms with Crippen molar-refractivity contribution in [3.05, 3.63) is 23.8 Å². The number of benzene rings is 1. The molecule has 106 valence electrons. The number of ether oxygens (including phenoxy) is 2. The summed E-state index contributed by atoms with van der Waals surface area (Å²) in [5, 5.41) is 13.0. The summed E-state index contributed by atoms with van der Waals surface area (Å²) in [5.74, 6) is 2.06. The lowest BCUT2D eigenvalue weighted by molar-refractivity contribution is 0.153. The lowest BCUT2D eigenvalue weighted by Gasteiger charge is -2.29. The molecule has 0 bridgehead atoms. The first kappa shape index (κ1) is 14.2. The van der Waals surface area contributed by atoms with Crippen LogP contribution in [-0.2, 0) is 6.54 Å². The molecule has 1 fully saturated rings. The van der Waals surface area contributed by atoms with Crippen LogP contribution in [0.5, 0.6) is 11.5 Å². The number of hydrogen-bond acceptors (Lipinski definition) is 4. The number of hydrogen-bond donors (Lipinski definition) is 2. The van der Waals surface area contributed by atoms with Gasteiger partial charge >= 0.3 is 0 Å². The van der Waals surface area contributed by atoms with E-state index in [0.29, 0.717) is 12.5 Å². The van der Waals surface area contributed by atoms with E-state index in [2.05, 4.69) is 12.2 Å². The fraction of sp³-hybridized carbons (Fsp3) is 0.600. The molecule has 1 saturated carbocycles. The maximum Gasteiger partial charge on any atom is 0.161 e. The van der Waals surface area contributed by atoms with Crippen LogP contribution in [0.4, 0.5) is 0 Å². The van der Waals surface area contributed by atoms with Gasteiger partial charge in [-0.25, -0.2) is 0 Å².